The van der Waals surface area contributed by atoms with Gasteiger partial charge in [-0.1, -0.05) is 59.6 Å². The molecule has 0 aromatic heterocycles. The van der Waals surface area contributed by atoms with Crippen molar-refractivity contribution in [1.82, 2.24) is 9.80 Å². The van der Waals surface area contributed by atoms with E-state index >= 15 is 0 Å². The van der Waals surface area contributed by atoms with Crippen LogP contribution in [0.4, 0.5) is 11.4 Å². The molecule has 6 rings (SSSR count). The van der Waals surface area contributed by atoms with Crippen molar-refractivity contribution >= 4 is 58.2 Å². The van der Waals surface area contributed by atoms with Gasteiger partial charge >= 0.3 is 0 Å². The van der Waals surface area contributed by atoms with Gasteiger partial charge in [0.05, 0.1) is 57.0 Å². The summed E-state index contributed by atoms with van der Waals surface area (Å²) in [4.78, 5) is 52.7. The lowest BCUT2D eigenvalue weighted by atomic mass is 10.0. The van der Waals surface area contributed by atoms with Gasteiger partial charge in [0.25, 0.3) is 23.6 Å². The molecule has 0 atom stereocenters. The van der Waals surface area contributed by atoms with Gasteiger partial charge in [-0.3, -0.25) is 29.0 Å². The minimum Gasteiger partial charge on any atom is -0.366 e. The summed E-state index contributed by atoms with van der Waals surface area (Å²) in [6, 6.07) is 24.5. The molecule has 0 bridgehead atoms. The molecule has 10 heteroatoms. The number of anilines is 2. The lowest BCUT2D eigenvalue weighted by Gasteiger charge is -2.17. The molecule has 4 aromatic carbocycles. The van der Waals surface area contributed by atoms with E-state index < -0.39 is 0 Å². The monoisotopic (exact) mass is 584 g/mol. The number of nitrogens with zero attached hydrogens (tertiary/aromatic N) is 2. The molecule has 0 saturated carbocycles. The zero-order chi connectivity index (χ0) is 28.7. The van der Waals surface area contributed by atoms with Crippen molar-refractivity contribution in [2.75, 3.05) is 24.0 Å². The Morgan fingerprint density at radius 1 is 0.512 bits per heavy atom. The second kappa shape index (κ2) is 10.7. The summed E-state index contributed by atoms with van der Waals surface area (Å²) in [5.74, 6) is -1.37. The Kier molecular flexibility index (Phi) is 6.95. The minimum atomic E-state index is -0.343. The van der Waals surface area contributed by atoms with Crippen molar-refractivity contribution in [3.8, 4) is 0 Å². The van der Waals surface area contributed by atoms with Crippen LogP contribution in [-0.2, 0) is 6.42 Å². The quantitative estimate of drug-likeness (QED) is 0.250. The van der Waals surface area contributed by atoms with E-state index in [4.69, 9.17) is 23.2 Å². The van der Waals surface area contributed by atoms with Gasteiger partial charge < -0.3 is 10.6 Å². The molecule has 0 fully saturated rings. The second-order valence-corrected chi connectivity index (χ2v) is 10.5. The summed E-state index contributed by atoms with van der Waals surface area (Å²) in [5, 5.41) is 7.05. The zero-order valence-electron chi connectivity index (χ0n) is 21.5. The maximum atomic E-state index is 12.6. The first-order valence-electron chi connectivity index (χ1n) is 12.8. The van der Waals surface area contributed by atoms with E-state index in [9.17, 15) is 19.2 Å². The van der Waals surface area contributed by atoms with Crippen LogP contribution in [0.1, 0.15) is 52.6 Å². The van der Waals surface area contributed by atoms with Gasteiger partial charge in [-0.05, 0) is 66.1 Å². The Morgan fingerprint density at radius 2 is 0.854 bits per heavy atom. The van der Waals surface area contributed by atoms with Crippen LogP contribution in [0.5, 0.6) is 0 Å². The number of benzene rings is 4. The SMILES string of the molecule is O=C1c2ccccc2C(=O)N1CNc1ccc(Cc2ccc(NCN3C(=O)c4ccccc4C3=O)c(Cl)c2)cc1Cl. The van der Waals surface area contributed by atoms with E-state index in [2.05, 4.69) is 10.6 Å². The third kappa shape index (κ3) is 4.92. The maximum absolute atomic E-state index is 12.6. The van der Waals surface area contributed by atoms with Crippen molar-refractivity contribution in [1.29, 1.82) is 0 Å². The molecule has 2 N–H and O–H groups in total. The van der Waals surface area contributed by atoms with E-state index in [0.29, 0.717) is 50.1 Å². The third-order valence-electron chi connectivity index (χ3n) is 7.09. The first-order chi connectivity index (χ1) is 19.8. The lowest BCUT2D eigenvalue weighted by molar-refractivity contribution is 0.0650. The second-order valence-electron chi connectivity index (χ2n) is 9.64. The lowest BCUT2D eigenvalue weighted by Crippen LogP contribution is -2.34. The van der Waals surface area contributed by atoms with Crippen LogP contribution in [0, 0.1) is 0 Å². The fraction of sp³-hybridized carbons (Fsp3) is 0.0968. The normalized spacial score (nSPS) is 14.0. The predicted molar refractivity (Wildman–Crippen MR) is 157 cm³/mol. The summed E-state index contributed by atoms with van der Waals surface area (Å²) in [6.45, 7) is -0.00755. The summed E-state index contributed by atoms with van der Waals surface area (Å²) >= 11 is 13.0. The van der Waals surface area contributed by atoms with E-state index in [0.717, 1.165) is 20.9 Å². The molecule has 204 valence electrons. The molecular formula is C31H22Cl2N4O4. The predicted octanol–water partition coefficient (Wildman–Crippen LogP) is 5.92. The van der Waals surface area contributed by atoms with Crippen LogP contribution in [0.3, 0.4) is 0 Å². The minimum absolute atomic E-state index is 0.00378. The fourth-order valence-electron chi connectivity index (χ4n) is 4.95. The average molecular weight is 585 g/mol. The van der Waals surface area contributed by atoms with Crippen LogP contribution < -0.4 is 10.6 Å². The highest BCUT2D eigenvalue weighted by molar-refractivity contribution is 6.33. The first-order valence-corrected chi connectivity index (χ1v) is 13.5. The highest BCUT2D eigenvalue weighted by Gasteiger charge is 2.35. The Bertz CT molecular complexity index is 1560. The van der Waals surface area contributed by atoms with Crippen LogP contribution in [0.25, 0.3) is 0 Å². The van der Waals surface area contributed by atoms with Crippen molar-refractivity contribution < 1.29 is 19.2 Å². The molecule has 0 radical (unpaired) electrons. The van der Waals surface area contributed by atoms with Crippen molar-refractivity contribution in [2.45, 2.75) is 6.42 Å². The number of nitrogens with one attached hydrogen (secondary N) is 2. The highest BCUT2D eigenvalue weighted by atomic mass is 35.5. The van der Waals surface area contributed by atoms with E-state index in [1.807, 2.05) is 24.3 Å². The van der Waals surface area contributed by atoms with E-state index in [-0.39, 0.29) is 37.0 Å². The van der Waals surface area contributed by atoms with Crippen molar-refractivity contribution in [2.24, 2.45) is 0 Å². The standard InChI is InChI=1S/C31H22Cl2N4O4/c32-24-14-18(9-11-26(24)34-16-36-28(38)20-5-1-2-6-21(20)29(36)39)13-19-10-12-27(25(33)15-19)35-17-37-30(40)22-7-3-4-8-23(22)31(37)41/h1-12,14-15,34-35H,13,16-17H2. The molecule has 8 nitrogen and oxygen atoms in total. The smallest absolute Gasteiger partial charge is 0.263 e. The largest absolute Gasteiger partial charge is 0.366 e. The number of carbonyl (C=O) groups excluding carboxylic acids is 4. The number of hydrogen-bond donors (Lipinski definition) is 2. The molecule has 4 aromatic rings. The Hall–Kier alpha value is -4.66. The fourth-order valence-corrected chi connectivity index (χ4v) is 5.49. The Morgan fingerprint density at radius 3 is 1.17 bits per heavy atom. The number of amides is 4. The average Bonchev–Trinajstić information content (AvgIpc) is 3.36. The number of fused-ring (bicyclic) bond motifs is 2. The molecule has 0 saturated heterocycles. The third-order valence-corrected chi connectivity index (χ3v) is 7.71. The molecule has 4 amide bonds. The van der Waals surface area contributed by atoms with Crippen LogP contribution in [-0.4, -0.2) is 46.8 Å². The molecule has 2 aliphatic rings. The molecular weight excluding hydrogens is 563 g/mol. The molecule has 0 aliphatic carbocycles. The summed E-state index contributed by atoms with van der Waals surface area (Å²) in [6.07, 6.45) is 0.552. The van der Waals surface area contributed by atoms with E-state index in [1.165, 1.54) is 0 Å². The molecule has 41 heavy (non-hydrogen) atoms. The van der Waals surface area contributed by atoms with Gasteiger partial charge in [0.2, 0.25) is 0 Å². The zero-order valence-corrected chi connectivity index (χ0v) is 23.0. The molecule has 2 heterocycles. The van der Waals surface area contributed by atoms with Gasteiger partial charge in [-0.2, -0.15) is 0 Å². The van der Waals surface area contributed by atoms with Gasteiger partial charge in [0.15, 0.2) is 0 Å². The Balaban J connectivity index is 1.06. The van der Waals surface area contributed by atoms with Gasteiger partial charge in [-0.25, -0.2) is 0 Å². The van der Waals surface area contributed by atoms with Crippen LogP contribution in [0.15, 0.2) is 84.9 Å². The molecule has 2 aliphatic heterocycles. The van der Waals surface area contributed by atoms with Crippen molar-refractivity contribution in [3.63, 3.8) is 0 Å². The van der Waals surface area contributed by atoms with E-state index in [1.54, 1.807) is 60.7 Å². The number of halogens is 2. The summed E-state index contributed by atoms with van der Waals surface area (Å²) in [5.41, 5.74) is 4.63. The highest BCUT2D eigenvalue weighted by Crippen LogP contribution is 2.29. The van der Waals surface area contributed by atoms with Crippen LogP contribution in [0.2, 0.25) is 10.0 Å². The molecule has 0 spiro atoms. The van der Waals surface area contributed by atoms with Gasteiger partial charge in [0.1, 0.15) is 0 Å². The maximum Gasteiger partial charge on any atom is 0.263 e. The molecule has 0 unspecified atom stereocenters. The number of hydrogen-bond acceptors (Lipinski definition) is 6. The topological polar surface area (TPSA) is 98.8 Å². The summed E-state index contributed by atoms with van der Waals surface area (Å²) < 4.78 is 0. The number of rotatable bonds is 8. The van der Waals surface area contributed by atoms with Crippen molar-refractivity contribution in [3.05, 3.63) is 128 Å². The first kappa shape index (κ1) is 26.6. The Labute approximate surface area is 245 Å². The number of imide groups is 2. The van der Waals surface area contributed by atoms with Gasteiger partial charge in [0, 0.05) is 0 Å². The number of carbonyl (C=O) groups is 4. The van der Waals surface area contributed by atoms with Gasteiger partial charge in [-0.15, -0.1) is 0 Å². The van der Waals surface area contributed by atoms with Crippen LogP contribution >= 0.6 is 23.2 Å². The summed E-state index contributed by atoms with van der Waals surface area (Å²) in [7, 11) is 0.